The smallest absolute Gasteiger partial charge is 0.305 e. The Morgan fingerprint density at radius 1 is 1.29 bits per heavy atom. The van der Waals surface area contributed by atoms with Crippen molar-refractivity contribution in [2.75, 3.05) is 13.7 Å². The molecule has 1 aliphatic heterocycles. The van der Waals surface area contributed by atoms with E-state index < -0.39 is 29.5 Å². The molecule has 0 aliphatic carbocycles. The number of aliphatic carboxylic acids is 1. The van der Waals surface area contributed by atoms with Crippen molar-refractivity contribution in [1.82, 2.24) is 4.90 Å². The molecule has 0 unspecified atom stereocenters. The molecule has 128 valence electrons. The summed E-state index contributed by atoms with van der Waals surface area (Å²) >= 11 is 0. The predicted molar refractivity (Wildman–Crippen MR) is 81.7 cm³/mol. The second-order valence-corrected chi connectivity index (χ2v) is 5.29. The molecule has 2 rings (SSSR count). The van der Waals surface area contributed by atoms with E-state index in [-0.39, 0.29) is 30.0 Å². The van der Waals surface area contributed by atoms with E-state index in [0.717, 1.165) is 4.90 Å². The summed E-state index contributed by atoms with van der Waals surface area (Å²) in [6.45, 7) is 1.03. The predicted octanol–water partition coefficient (Wildman–Crippen LogP) is 1.16. The van der Waals surface area contributed by atoms with Gasteiger partial charge in [0.1, 0.15) is 0 Å². The highest BCUT2D eigenvalue weighted by Gasteiger charge is 2.42. The summed E-state index contributed by atoms with van der Waals surface area (Å²) in [5, 5.41) is 28.5. The first-order valence-electron chi connectivity index (χ1n) is 7.11. The van der Waals surface area contributed by atoms with Gasteiger partial charge in [0.25, 0.3) is 5.91 Å². The number of aromatic hydroxyl groups is 1. The van der Waals surface area contributed by atoms with Crippen LogP contribution in [0, 0.1) is 0 Å². The molecule has 0 saturated heterocycles. The minimum absolute atomic E-state index is 0.113. The molecule has 0 aromatic heterocycles. The van der Waals surface area contributed by atoms with E-state index in [1.54, 1.807) is 0 Å². The minimum Gasteiger partial charge on any atom is -0.504 e. The Bertz CT molecular complexity index is 738. The highest BCUT2D eigenvalue weighted by molar-refractivity contribution is 6.08. The number of hydrogen-bond acceptors (Lipinski definition) is 6. The zero-order valence-electron chi connectivity index (χ0n) is 13.1. The molecular formula is C16H17NO7. The van der Waals surface area contributed by atoms with E-state index >= 15 is 0 Å². The van der Waals surface area contributed by atoms with Crippen molar-refractivity contribution in [3.05, 3.63) is 35.1 Å². The number of carbonyl (C=O) groups excluding carboxylic acids is 2. The van der Waals surface area contributed by atoms with Gasteiger partial charge in [-0.15, -0.1) is 0 Å². The number of Topliss-reactive ketones (excluding diaryl/α,β-unsaturated/α-hetero) is 1. The molecule has 1 atom stereocenters. The van der Waals surface area contributed by atoms with Crippen LogP contribution in [0.5, 0.6) is 11.5 Å². The number of aliphatic hydroxyl groups excluding tert-OH is 1. The van der Waals surface area contributed by atoms with Gasteiger partial charge in [-0.3, -0.25) is 14.4 Å². The SMILES string of the molecule is COc1cc([C@@H]2C(C(C)=O)=C(O)C(=O)N2CCC(=O)O)ccc1O. The zero-order valence-corrected chi connectivity index (χ0v) is 13.1. The molecule has 1 aromatic carbocycles. The summed E-state index contributed by atoms with van der Waals surface area (Å²) in [6.07, 6.45) is -0.337. The lowest BCUT2D eigenvalue weighted by Gasteiger charge is -2.26. The number of ketones is 1. The highest BCUT2D eigenvalue weighted by atomic mass is 16.5. The van der Waals surface area contributed by atoms with E-state index in [0.29, 0.717) is 5.56 Å². The van der Waals surface area contributed by atoms with Crippen LogP contribution in [-0.4, -0.2) is 51.5 Å². The van der Waals surface area contributed by atoms with E-state index in [9.17, 15) is 24.6 Å². The van der Waals surface area contributed by atoms with E-state index in [4.69, 9.17) is 9.84 Å². The Morgan fingerprint density at radius 3 is 2.50 bits per heavy atom. The fraction of sp³-hybridized carbons (Fsp3) is 0.312. The van der Waals surface area contributed by atoms with Gasteiger partial charge in [-0.05, 0) is 24.6 Å². The lowest BCUT2D eigenvalue weighted by molar-refractivity contribution is -0.138. The normalized spacial score (nSPS) is 17.3. The molecule has 8 nitrogen and oxygen atoms in total. The molecule has 0 fully saturated rings. The molecule has 0 spiro atoms. The fourth-order valence-corrected chi connectivity index (χ4v) is 2.67. The van der Waals surface area contributed by atoms with Crippen molar-refractivity contribution >= 4 is 17.7 Å². The number of amides is 1. The van der Waals surface area contributed by atoms with Gasteiger partial charge in [-0.25, -0.2) is 0 Å². The number of methoxy groups -OCH3 is 1. The quantitative estimate of drug-likeness (QED) is 0.712. The van der Waals surface area contributed by atoms with Gasteiger partial charge in [0, 0.05) is 6.54 Å². The molecular weight excluding hydrogens is 318 g/mol. The summed E-state index contributed by atoms with van der Waals surface area (Å²) < 4.78 is 5.02. The Hall–Kier alpha value is -3.03. The first-order chi connectivity index (χ1) is 11.3. The van der Waals surface area contributed by atoms with Crippen molar-refractivity contribution in [3.8, 4) is 11.5 Å². The Labute approximate surface area is 137 Å². The molecule has 1 heterocycles. The van der Waals surface area contributed by atoms with Crippen LogP contribution in [-0.2, 0) is 14.4 Å². The number of carboxylic acid groups (broad SMARTS) is 1. The molecule has 0 saturated carbocycles. The molecule has 1 aromatic rings. The zero-order chi connectivity index (χ0) is 18.0. The second-order valence-electron chi connectivity index (χ2n) is 5.29. The average Bonchev–Trinajstić information content (AvgIpc) is 2.77. The first-order valence-corrected chi connectivity index (χ1v) is 7.11. The van der Waals surface area contributed by atoms with Crippen LogP contribution in [0.4, 0.5) is 0 Å². The van der Waals surface area contributed by atoms with Gasteiger partial charge in [0.15, 0.2) is 23.0 Å². The van der Waals surface area contributed by atoms with Gasteiger partial charge in [-0.1, -0.05) is 6.07 Å². The number of aliphatic hydroxyl groups is 1. The molecule has 1 aliphatic rings. The number of phenolic OH excluding ortho intramolecular Hbond substituents is 1. The number of rotatable bonds is 6. The van der Waals surface area contributed by atoms with E-state index in [2.05, 4.69) is 0 Å². The van der Waals surface area contributed by atoms with Crippen LogP contribution in [0.15, 0.2) is 29.5 Å². The third kappa shape index (κ3) is 3.03. The van der Waals surface area contributed by atoms with Crippen LogP contribution in [0.3, 0.4) is 0 Å². The summed E-state index contributed by atoms with van der Waals surface area (Å²) in [4.78, 5) is 36.1. The average molecular weight is 335 g/mol. The van der Waals surface area contributed by atoms with Crippen LogP contribution >= 0.6 is 0 Å². The largest absolute Gasteiger partial charge is 0.504 e. The maximum absolute atomic E-state index is 12.2. The van der Waals surface area contributed by atoms with E-state index in [1.807, 2.05) is 0 Å². The number of phenols is 1. The number of benzene rings is 1. The topological polar surface area (TPSA) is 124 Å². The van der Waals surface area contributed by atoms with Crippen LogP contribution in [0.2, 0.25) is 0 Å². The first kappa shape index (κ1) is 17.3. The molecule has 1 amide bonds. The lowest BCUT2D eigenvalue weighted by Crippen LogP contribution is -2.33. The van der Waals surface area contributed by atoms with Crippen LogP contribution in [0.25, 0.3) is 0 Å². The van der Waals surface area contributed by atoms with Gasteiger partial charge < -0.3 is 25.0 Å². The maximum atomic E-state index is 12.2. The van der Waals surface area contributed by atoms with Gasteiger partial charge in [-0.2, -0.15) is 0 Å². The number of hydrogen-bond donors (Lipinski definition) is 3. The maximum Gasteiger partial charge on any atom is 0.305 e. The Morgan fingerprint density at radius 2 is 1.96 bits per heavy atom. The highest BCUT2D eigenvalue weighted by Crippen LogP contribution is 2.40. The molecule has 3 N–H and O–H groups in total. The Kier molecular flexibility index (Phi) is 4.77. The lowest BCUT2D eigenvalue weighted by atomic mass is 9.96. The number of carbonyl (C=O) groups is 3. The summed E-state index contributed by atoms with van der Waals surface area (Å²) in [5.74, 6) is -3.10. The molecule has 0 radical (unpaired) electrons. The summed E-state index contributed by atoms with van der Waals surface area (Å²) in [7, 11) is 1.35. The van der Waals surface area contributed by atoms with Crippen molar-refractivity contribution in [2.45, 2.75) is 19.4 Å². The van der Waals surface area contributed by atoms with Crippen molar-refractivity contribution < 1.29 is 34.4 Å². The van der Waals surface area contributed by atoms with Crippen molar-refractivity contribution in [3.63, 3.8) is 0 Å². The minimum atomic E-state index is -1.11. The standard InChI is InChI=1S/C16H17NO7/c1-8(18)13-14(9-3-4-10(19)11(7-9)24-2)17(6-5-12(20)21)16(23)15(13)22/h3-4,7,14,19,22H,5-6H2,1-2H3,(H,20,21)/t14-/m1/s1. The number of nitrogens with zero attached hydrogens (tertiary/aromatic N) is 1. The third-order valence-electron chi connectivity index (χ3n) is 3.77. The van der Waals surface area contributed by atoms with Crippen LogP contribution in [0.1, 0.15) is 24.9 Å². The summed E-state index contributed by atoms with van der Waals surface area (Å²) in [6, 6.07) is 3.30. The number of carboxylic acids is 1. The number of ether oxygens (including phenoxy) is 1. The van der Waals surface area contributed by atoms with Crippen molar-refractivity contribution in [1.29, 1.82) is 0 Å². The van der Waals surface area contributed by atoms with Gasteiger partial charge in [0.2, 0.25) is 0 Å². The second kappa shape index (κ2) is 6.61. The van der Waals surface area contributed by atoms with Crippen molar-refractivity contribution in [2.24, 2.45) is 0 Å². The molecule has 0 bridgehead atoms. The summed E-state index contributed by atoms with van der Waals surface area (Å²) in [5.41, 5.74) is 0.302. The van der Waals surface area contributed by atoms with Crippen LogP contribution < -0.4 is 4.74 Å². The Balaban J connectivity index is 2.52. The van der Waals surface area contributed by atoms with E-state index in [1.165, 1.54) is 32.2 Å². The van der Waals surface area contributed by atoms with Gasteiger partial charge in [0.05, 0.1) is 25.1 Å². The molecule has 24 heavy (non-hydrogen) atoms. The fourth-order valence-electron chi connectivity index (χ4n) is 2.67. The third-order valence-corrected chi connectivity index (χ3v) is 3.77. The van der Waals surface area contributed by atoms with Gasteiger partial charge >= 0.3 is 5.97 Å². The molecule has 8 heteroatoms. The monoisotopic (exact) mass is 335 g/mol.